The average molecular weight is 234 g/mol. The summed E-state index contributed by atoms with van der Waals surface area (Å²) in [4.78, 5) is 0. The Morgan fingerprint density at radius 1 is 1.25 bits per heavy atom. The van der Waals surface area contributed by atoms with Gasteiger partial charge in [0, 0.05) is 5.54 Å². The molecular formula is C14H22OSi. The van der Waals surface area contributed by atoms with Gasteiger partial charge in [-0.15, -0.1) is 0 Å². The summed E-state index contributed by atoms with van der Waals surface area (Å²) in [6, 6.07) is 9.94. The van der Waals surface area contributed by atoms with E-state index in [9.17, 15) is 5.11 Å². The number of aliphatic hydroxyl groups is 1. The molecule has 16 heavy (non-hydrogen) atoms. The van der Waals surface area contributed by atoms with Gasteiger partial charge in [-0.1, -0.05) is 43.4 Å². The minimum Gasteiger partial charge on any atom is -0.390 e. The SMILES string of the molecule is CC(C)(O)C1c2ccccc2CC[Si]1(C)C. The summed E-state index contributed by atoms with van der Waals surface area (Å²) in [6.45, 7) is 8.75. The molecule has 2 heteroatoms. The van der Waals surface area contributed by atoms with E-state index in [1.54, 1.807) is 0 Å². The van der Waals surface area contributed by atoms with Gasteiger partial charge in [-0.2, -0.15) is 0 Å². The first-order chi connectivity index (χ1) is 7.32. The van der Waals surface area contributed by atoms with Crippen LogP contribution in [0.5, 0.6) is 0 Å². The van der Waals surface area contributed by atoms with E-state index in [-0.39, 0.29) is 0 Å². The van der Waals surface area contributed by atoms with Crippen LogP contribution in [0.3, 0.4) is 0 Å². The van der Waals surface area contributed by atoms with Gasteiger partial charge in [0.05, 0.1) is 13.7 Å². The predicted molar refractivity (Wildman–Crippen MR) is 71.5 cm³/mol. The van der Waals surface area contributed by atoms with E-state index in [2.05, 4.69) is 37.4 Å². The molecule has 1 aliphatic heterocycles. The highest BCUT2D eigenvalue weighted by Crippen LogP contribution is 2.44. The van der Waals surface area contributed by atoms with Gasteiger partial charge < -0.3 is 5.11 Å². The Morgan fingerprint density at radius 2 is 1.88 bits per heavy atom. The number of fused-ring (bicyclic) bond motifs is 1. The number of hydrogen-bond acceptors (Lipinski definition) is 1. The lowest BCUT2D eigenvalue weighted by Crippen LogP contribution is -2.49. The highest BCUT2D eigenvalue weighted by Gasteiger charge is 2.44. The van der Waals surface area contributed by atoms with Crippen molar-refractivity contribution in [2.45, 2.75) is 50.5 Å². The van der Waals surface area contributed by atoms with Crippen molar-refractivity contribution in [1.29, 1.82) is 0 Å². The minimum absolute atomic E-state index is 0.366. The molecule has 1 unspecified atom stereocenters. The normalized spacial score (nSPS) is 23.9. The largest absolute Gasteiger partial charge is 0.390 e. The van der Waals surface area contributed by atoms with E-state index in [0.29, 0.717) is 5.54 Å². The molecule has 0 bridgehead atoms. The Morgan fingerprint density at radius 3 is 2.50 bits per heavy atom. The van der Waals surface area contributed by atoms with Gasteiger partial charge in [-0.05, 0) is 31.4 Å². The summed E-state index contributed by atoms with van der Waals surface area (Å²) in [6.07, 6.45) is 1.20. The Labute approximate surface area is 99.5 Å². The topological polar surface area (TPSA) is 20.2 Å². The van der Waals surface area contributed by atoms with Gasteiger partial charge in [0.2, 0.25) is 0 Å². The van der Waals surface area contributed by atoms with Crippen molar-refractivity contribution in [3.8, 4) is 0 Å². The quantitative estimate of drug-likeness (QED) is 0.739. The highest BCUT2D eigenvalue weighted by atomic mass is 28.3. The second kappa shape index (κ2) is 3.71. The summed E-state index contributed by atoms with van der Waals surface area (Å²) in [7, 11) is -1.36. The molecule has 1 aromatic rings. The maximum Gasteiger partial charge on any atom is 0.0636 e. The van der Waals surface area contributed by atoms with Crippen molar-refractivity contribution in [2.75, 3.05) is 0 Å². The predicted octanol–water partition coefficient (Wildman–Crippen LogP) is 3.34. The van der Waals surface area contributed by atoms with E-state index in [1.165, 1.54) is 23.6 Å². The lowest BCUT2D eigenvalue weighted by atomic mass is 9.92. The van der Waals surface area contributed by atoms with Gasteiger partial charge in [0.1, 0.15) is 0 Å². The van der Waals surface area contributed by atoms with Gasteiger partial charge in [0.25, 0.3) is 0 Å². The van der Waals surface area contributed by atoms with Crippen molar-refractivity contribution in [3.05, 3.63) is 35.4 Å². The van der Waals surface area contributed by atoms with Crippen LogP contribution in [0.2, 0.25) is 19.1 Å². The van der Waals surface area contributed by atoms with E-state index in [1.807, 2.05) is 13.8 Å². The summed E-state index contributed by atoms with van der Waals surface area (Å²) < 4.78 is 0. The van der Waals surface area contributed by atoms with Gasteiger partial charge in [0.15, 0.2) is 0 Å². The summed E-state index contributed by atoms with van der Waals surface area (Å²) in [5.41, 5.74) is 2.62. The molecular weight excluding hydrogens is 212 g/mol. The lowest BCUT2D eigenvalue weighted by molar-refractivity contribution is 0.0707. The van der Waals surface area contributed by atoms with Crippen molar-refractivity contribution in [2.24, 2.45) is 0 Å². The van der Waals surface area contributed by atoms with E-state index < -0.39 is 13.7 Å². The zero-order valence-electron chi connectivity index (χ0n) is 10.7. The third kappa shape index (κ3) is 1.96. The molecule has 0 aliphatic carbocycles. The van der Waals surface area contributed by atoms with E-state index in [0.717, 1.165) is 0 Å². The molecule has 0 amide bonds. The summed E-state index contributed by atoms with van der Waals surface area (Å²) in [5, 5.41) is 10.5. The van der Waals surface area contributed by atoms with Crippen molar-refractivity contribution in [1.82, 2.24) is 0 Å². The molecule has 0 spiro atoms. The second-order valence-corrected chi connectivity index (χ2v) is 11.3. The van der Waals surface area contributed by atoms with Gasteiger partial charge in [-0.25, -0.2) is 0 Å². The second-order valence-electron chi connectivity index (χ2n) is 6.27. The molecule has 1 heterocycles. The molecule has 0 fully saturated rings. The highest BCUT2D eigenvalue weighted by molar-refractivity contribution is 6.79. The molecule has 0 aromatic heterocycles. The van der Waals surface area contributed by atoms with Crippen LogP contribution >= 0.6 is 0 Å². The van der Waals surface area contributed by atoms with Crippen LogP contribution < -0.4 is 0 Å². The minimum atomic E-state index is -1.36. The third-order valence-electron chi connectivity index (χ3n) is 3.89. The molecule has 1 aliphatic rings. The third-order valence-corrected chi connectivity index (χ3v) is 8.01. The molecule has 1 aromatic carbocycles. The van der Waals surface area contributed by atoms with Crippen molar-refractivity contribution < 1.29 is 5.11 Å². The fourth-order valence-corrected chi connectivity index (χ4v) is 7.64. The van der Waals surface area contributed by atoms with Crippen molar-refractivity contribution in [3.63, 3.8) is 0 Å². The number of hydrogen-bond donors (Lipinski definition) is 1. The van der Waals surface area contributed by atoms with Crippen LogP contribution in [0.4, 0.5) is 0 Å². The molecule has 0 saturated heterocycles. The van der Waals surface area contributed by atoms with Crippen LogP contribution in [-0.2, 0) is 6.42 Å². The van der Waals surface area contributed by atoms with Gasteiger partial charge >= 0.3 is 0 Å². The number of rotatable bonds is 1. The van der Waals surface area contributed by atoms with Crippen LogP contribution in [-0.4, -0.2) is 18.8 Å². The zero-order valence-corrected chi connectivity index (χ0v) is 11.7. The van der Waals surface area contributed by atoms with Crippen LogP contribution in [0.25, 0.3) is 0 Å². The standard InChI is InChI=1S/C14H22OSi/c1-14(2,15)13-12-8-6-5-7-11(12)9-10-16(13,3)4/h5-8,13,15H,9-10H2,1-4H3. The smallest absolute Gasteiger partial charge is 0.0636 e. The Bertz CT molecular complexity index is 390. The molecule has 2 rings (SSSR count). The molecule has 0 radical (unpaired) electrons. The Balaban J connectivity index is 2.54. The Hall–Kier alpha value is -0.603. The Kier molecular flexibility index (Phi) is 2.75. The van der Waals surface area contributed by atoms with E-state index >= 15 is 0 Å². The van der Waals surface area contributed by atoms with Gasteiger partial charge in [-0.3, -0.25) is 0 Å². The number of aryl methyl sites for hydroxylation is 1. The first kappa shape index (κ1) is 11.9. The first-order valence-electron chi connectivity index (χ1n) is 6.12. The molecule has 0 saturated carbocycles. The van der Waals surface area contributed by atoms with Crippen molar-refractivity contribution >= 4 is 8.07 Å². The molecule has 1 N–H and O–H groups in total. The maximum absolute atomic E-state index is 10.5. The zero-order chi connectivity index (χ0) is 12.0. The van der Waals surface area contributed by atoms with Crippen LogP contribution in [0.15, 0.2) is 24.3 Å². The fraction of sp³-hybridized carbons (Fsp3) is 0.571. The molecule has 1 atom stereocenters. The summed E-state index contributed by atoms with van der Waals surface area (Å²) >= 11 is 0. The summed E-state index contributed by atoms with van der Waals surface area (Å²) in [5.74, 6) is 0. The van der Waals surface area contributed by atoms with Crippen LogP contribution in [0.1, 0.15) is 30.5 Å². The monoisotopic (exact) mass is 234 g/mol. The fourth-order valence-electron chi connectivity index (χ4n) is 3.40. The lowest BCUT2D eigenvalue weighted by Gasteiger charge is -2.45. The number of benzene rings is 1. The maximum atomic E-state index is 10.5. The molecule has 1 nitrogen and oxygen atoms in total. The van der Waals surface area contributed by atoms with E-state index in [4.69, 9.17) is 0 Å². The molecule has 88 valence electrons. The first-order valence-corrected chi connectivity index (χ1v) is 9.41. The van der Waals surface area contributed by atoms with Crippen LogP contribution in [0, 0.1) is 0 Å². The average Bonchev–Trinajstić information content (AvgIpc) is 2.14.